The summed E-state index contributed by atoms with van der Waals surface area (Å²) in [4.78, 5) is 46.2. The van der Waals surface area contributed by atoms with E-state index in [1.54, 1.807) is 4.90 Å². The SMILES string of the molecule is CCC[C@H]1N(C(=O)c2cnccc2C(C)(F)F)CCC[C@@]1(Oc1csc(C(F)(F)F)c1)C(=O)N1CCC(c2ccccc2CCC(=O)O)CC1. The van der Waals surface area contributed by atoms with Crippen LogP contribution in [0.3, 0.4) is 0 Å². The standard InChI is InChI=1S/C36H40F5N3O5S/c1-3-7-29-35(49-25-20-30(50-22-25)36(39,40)41,15-6-17-44(29)32(47)27-21-42-16-12-28(27)34(2,37)38)33(48)43-18-13-24(14-19-43)26-9-5-4-8-23(26)10-11-31(45)46/h4-5,8-9,12,16,20-22,24,29H,3,6-7,10-11,13-15,17-19H2,1-2H3,(H,45,46)/t29-,35+/m1/s1. The van der Waals surface area contributed by atoms with Crippen LogP contribution in [0.15, 0.2) is 54.2 Å². The number of hydrogen-bond donors (Lipinski definition) is 1. The van der Waals surface area contributed by atoms with Crippen molar-refractivity contribution in [2.75, 3.05) is 19.6 Å². The normalized spacial score (nSPS) is 20.5. The molecule has 0 saturated carbocycles. The minimum atomic E-state index is -4.63. The van der Waals surface area contributed by atoms with Crippen molar-refractivity contribution in [3.05, 3.63) is 81.3 Å². The number of benzene rings is 1. The van der Waals surface area contributed by atoms with Crippen LogP contribution >= 0.6 is 11.3 Å². The highest BCUT2D eigenvalue weighted by Crippen LogP contribution is 2.43. The monoisotopic (exact) mass is 721 g/mol. The topological polar surface area (TPSA) is 100 Å². The van der Waals surface area contributed by atoms with Crippen molar-refractivity contribution in [3.8, 4) is 5.75 Å². The Kier molecular flexibility index (Phi) is 11.2. The van der Waals surface area contributed by atoms with Crippen molar-refractivity contribution >= 4 is 29.1 Å². The van der Waals surface area contributed by atoms with E-state index in [4.69, 9.17) is 4.74 Å². The number of carbonyl (C=O) groups excluding carboxylic acids is 2. The van der Waals surface area contributed by atoms with Crippen LogP contribution in [0.1, 0.15) is 96.6 Å². The second kappa shape index (κ2) is 15.0. The molecule has 1 aromatic carbocycles. The summed E-state index contributed by atoms with van der Waals surface area (Å²) in [7, 11) is 0. The van der Waals surface area contributed by atoms with Crippen LogP contribution in [0.2, 0.25) is 0 Å². The second-order valence-electron chi connectivity index (χ2n) is 13.0. The summed E-state index contributed by atoms with van der Waals surface area (Å²) in [5, 5.41) is 10.4. The first-order chi connectivity index (χ1) is 23.7. The first kappa shape index (κ1) is 37.2. The number of likely N-dealkylation sites (tertiary alicyclic amines) is 2. The first-order valence-electron chi connectivity index (χ1n) is 16.7. The number of rotatable bonds is 11. The number of alkyl halides is 5. The number of carboxylic acid groups (broad SMARTS) is 1. The largest absolute Gasteiger partial charge is 0.481 e. The van der Waals surface area contributed by atoms with Gasteiger partial charge in [0, 0.05) is 68.8 Å². The second-order valence-corrected chi connectivity index (χ2v) is 13.9. The molecule has 14 heteroatoms. The molecule has 2 saturated heterocycles. The fourth-order valence-corrected chi connectivity index (χ4v) is 7.98. The molecule has 0 spiro atoms. The lowest BCUT2D eigenvalue weighted by atomic mass is 9.78. The van der Waals surface area contributed by atoms with E-state index in [0.29, 0.717) is 57.0 Å². The van der Waals surface area contributed by atoms with Crippen molar-refractivity contribution in [1.29, 1.82) is 0 Å². The van der Waals surface area contributed by atoms with Gasteiger partial charge in [0.1, 0.15) is 10.6 Å². The predicted octanol–water partition coefficient (Wildman–Crippen LogP) is 7.92. The number of nitrogens with zero attached hydrogens (tertiary/aromatic N) is 3. The van der Waals surface area contributed by atoms with Crippen molar-refractivity contribution in [3.63, 3.8) is 0 Å². The summed E-state index contributed by atoms with van der Waals surface area (Å²) in [6, 6.07) is 8.56. The van der Waals surface area contributed by atoms with Crippen molar-refractivity contribution < 1.29 is 46.2 Å². The van der Waals surface area contributed by atoms with E-state index in [2.05, 4.69) is 4.98 Å². The van der Waals surface area contributed by atoms with Gasteiger partial charge in [-0.2, -0.15) is 13.2 Å². The number of pyridine rings is 1. The van der Waals surface area contributed by atoms with Crippen molar-refractivity contribution in [1.82, 2.24) is 14.8 Å². The molecule has 0 unspecified atom stereocenters. The number of carbonyl (C=O) groups is 3. The molecule has 2 aliphatic heterocycles. The summed E-state index contributed by atoms with van der Waals surface area (Å²) >= 11 is 0.435. The highest BCUT2D eigenvalue weighted by molar-refractivity contribution is 7.10. The van der Waals surface area contributed by atoms with E-state index in [1.165, 1.54) is 16.5 Å². The third-order valence-electron chi connectivity index (χ3n) is 9.61. The first-order valence-corrected chi connectivity index (χ1v) is 17.6. The Labute approximate surface area is 291 Å². The quantitative estimate of drug-likeness (QED) is 0.202. The smallest absolute Gasteiger partial charge is 0.425 e. The van der Waals surface area contributed by atoms with Crippen LogP contribution in [0, 0.1) is 0 Å². The average molecular weight is 722 g/mol. The molecule has 50 heavy (non-hydrogen) atoms. The van der Waals surface area contributed by atoms with Crippen molar-refractivity contribution in [2.45, 2.75) is 94.9 Å². The van der Waals surface area contributed by atoms with E-state index in [1.807, 2.05) is 31.2 Å². The maximum Gasteiger partial charge on any atom is 0.425 e. The van der Waals surface area contributed by atoms with Gasteiger partial charge in [0.25, 0.3) is 17.7 Å². The molecule has 8 nitrogen and oxygen atoms in total. The van der Waals surface area contributed by atoms with Crippen LogP contribution < -0.4 is 4.74 Å². The zero-order valence-corrected chi connectivity index (χ0v) is 28.7. The van der Waals surface area contributed by atoms with Crippen molar-refractivity contribution in [2.24, 2.45) is 0 Å². The maximum atomic E-state index is 14.8. The van der Waals surface area contributed by atoms with Crippen LogP contribution in [0.4, 0.5) is 22.0 Å². The van der Waals surface area contributed by atoms with Crippen LogP contribution in [0.25, 0.3) is 0 Å². The lowest BCUT2D eigenvalue weighted by Crippen LogP contribution is -2.68. The van der Waals surface area contributed by atoms with E-state index < -0.39 is 52.0 Å². The Hall–Kier alpha value is -4.07. The number of carboxylic acids is 1. The Morgan fingerprint density at radius 2 is 1.80 bits per heavy atom. The molecule has 270 valence electrons. The van der Waals surface area contributed by atoms with Gasteiger partial charge in [-0.3, -0.25) is 19.4 Å². The molecule has 2 atom stereocenters. The number of aryl methyl sites for hydroxylation is 1. The number of aromatic nitrogens is 1. The molecule has 2 aromatic heterocycles. The molecular formula is C36H40F5N3O5S. The highest BCUT2D eigenvalue weighted by Gasteiger charge is 2.56. The predicted molar refractivity (Wildman–Crippen MR) is 176 cm³/mol. The number of amides is 2. The fourth-order valence-electron chi connectivity index (χ4n) is 7.30. The fraction of sp³-hybridized carbons (Fsp3) is 0.500. The number of piperidine rings is 2. The Balaban J connectivity index is 1.49. The zero-order valence-electron chi connectivity index (χ0n) is 27.8. The number of hydrogen-bond acceptors (Lipinski definition) is 6. The molecule has 0 aliphatic carbocycles. The molecule has 2 fully saturated rings. The Bertz CT molecular complexity index is 1680. The molecule has 2 amide bonds. The van der Waals surface area contributed by atoms with Gasteiger partial charge in [-0.05, 0) is 55.2 Å². The molecule has 0 bridgehead atoms. The summed E-state index contributed by atoms with van der Waals surface area (Å²) in [5.74, 6) is -5.61. The summed E-state index contributed by atoms with van der Waals surface area (Å²) in [6.07, 6.45) is 0.0773. The molecular weight excluding hydrogens is 681 g/mol. The van der Waals surface area contributed by atoms with E-state index >= 15 is 0 Å². The minimum Gasteiger partial charge on any atom is -0.481 e. The van der Waals surface area contributed by atoms with E-state index in [9.17, 15) is 41.4 Å². The number of halogens is 5. The highest BCUT2D eigenvalue weighted by atomic mass is 32.1. The molecule has 0 radical (unpaired) electrons. The summed E-state index contributed by atoms with van der Waals surface area (Å²) in [6.45, 7) is 3.22. The van der Waals surface area contributed by atoms with Crippen LogP contribution in [0.5, 0.6) is 5.75 Å². The lowest BCUT2D eigenvalue weighted by molar-refractivity contribution is -0.160. The molecule has 5 rings (SSSR count). The zero-order chi connectivity index (χ0) is 36.3. The summed E-state index contributed by atoms with van der Waals surface area (Å²) < 4.78 is 76.6. The van der Waals surface area contributed by atoms with Gasteiger partial charge in [0.2, 0.25) is 5.60 Å². The summed E-state index contributed by atoms with van der Waals surface area (Å²) in [5.41, 5.74) is -0.689. The van der Waals surface area contributed by atoms with Gasteiger partial charge in [-0.1, -0.05) is 37.6 Å². The molecule has 3 aromatic rings. The Morgan fingerprint density at radius 1 is 1.08 bits per heavy atom. The molecule has 2 aliphatic rings. The lowest BCUT2D eigenvalue weighted by Gasteiger charge is -2.50. The third-order valence-corrected chi connectivity index (χ3v) is 10.6. The number of ether oxygens (including phenoxy) is 1. The van der Waals surface area contributed by atoms with Gasteiger partial charge in [-0.25, -0.2) is 8.78 Å². The third kappa shape index (κ3) is 7.95. The van der Waals surface area contributed by atoms with Gasteiger partial charge in [-0.15, -0.1) is 11.3 Å². The minimum absolute atomic E-state index is 0.0166. The van der Waals surface area contributed by atoms with Gasteiger partial charge in [0.15, 0.2) is 0 Å². The average Bonchev–Trinajstić information content (AvgIpc) is 3.56. The maximum absolute atomic E-state index is 14.8. The van der Waals surface area contributed by atoms with E-state index in [0.717, 1.165) is 29.5 Å². The van der Waals surface area contributed by atoms with Gasteiger partial charge >= 0.3 is 12.1 Å². The van der Waals surface area contributed by atoms with Crippen LogP contribution in [-0.2, 0) is 28.1 Å². The van der Waals surface area contributed by atoms with Gasteiger partial charge in [0.05, 0.1) is 11.6 Å². The van der Waals surface area contributed by atoms with Crippen LogP contribution in [-0.4, -0.2) is 69.0 Å². The molecule has 4 heterocycles. The van der Waals surface area contributed by atoms with E-state index in [-0.39, 0.29) is 49.5 Å². The Morgan fingerprint density at radius 3 is 2.44 bits per heavy atom. The van der Waals surface area contributed by atoms with Gasteiger partial charge < -0.3 is 19.6 Å². The number of aliphatic carboxylic acids is 1. The molecule has 1 N–H and O–H groups in total. The number of thiophene rings is 1.